The van der Waals surface area contributed by atoms with Crippen LogP contribution in [-0.4, -0.2) is 25.2 Å². The Bertz CT molecular complexity index is 130. The van der Waals surface area contributed by atoms with Gasteiger partial charge in [-0.1, -0.05) is 0 Å². The molecule has 0 N–H and O–H groups in total. The van der Waals surface area contributed by atoms with E-state index in [9.17, 15) is 0 Å². The van der Waals surface area contributed by atoms with Gasteiger partial charge in [-0.25, -0.2) is 0 Å². The molecule has 0 spiro atoms. The molecule has 0 atom stereocenters. The monoisotopic (exact) mass is 246 g/mol. The summed E-state index contributed by atoms with van der Waals surface area (Å²) in [6, 6.07) is 0. The van der Waals surface area contributed by atoms with Crippen molar-refractivity contribution in [1.82, 2.24) is 0 Å². The van der Waals surface area contributed by atoms with Crippen molar-refractivity contribution in [1.29, 1.82) is 0 Å². The molecule has 0 aliphatic carbocycles. The first kappa shape index (κ1) is 16.4. The van der Waals surface area contributed by atoms with E-state index in [0.29, 0.717) is 0 Å². The summed E-state index contributed by atoms with van der Waals surface area (Å²) in [5, 5.41) is 0. The third kappa shape index (κ3) is 8.57. The topological polar surface area (TPSA) is 0 Å². The van der Waals surface area contributed by atoms with Gasteiger partial charge in [-0.2, -0.15) is 0 Å². The molecule has 0 aromatic heterocycles. The van der Waals surface area contributed by atoms with E-state index in [4.69, 9.17) is 0 Å². The fourth-order valence-corrected chi connectivity index (χ4v) is 5.60. The van der Waals surface area contributed by atoms with E-state index in [1.165, 1.54) is 57.5 Å². The van der Waals surface area contributed by atoms with Crippen molar-refractivity contribution < 1.29 is 0 Å². The van der Waals surface area contributed by atoms with Crippen molar-refractivity contribution in [2.75, 3.05) is 25.2 Å². The Labute approximate surface area is 105 Å². The SMILES string of the molecule is CCCCCC[PH](C)(CC)CCCCCC. The van der Waals surface area contributed by atoms with Gasteiger partial charge in [0, 0.05) is 0 Å². The van der Waals surface area contributed by atoms with Crippen molar-refractivity contribution in [3.05, 3.63) is 0 Å². The number of rotatable bonds is 11. The van der Waals surface area contributed by atoms with E-state index in [0.717, 1.165) is 0 Å². The van der Waals surface area contributed by atoms with Crippen LogP contribution in [0.2, 0.25) is 0 Å². The second-order valence-electron chi connectivity index (χ2n) is 5.79. The first-order valence-corrected chi connectivity index (χ1v) is 10.8. The maximum atomic E-state index is 2.64. The molecule has 0 unspecified atom stereocenters. The normalized spacial score (nSPS) is 13.0. The number of hydrogen-bond acceptors (Lipinski definition) is 0. The van der Waals surface area contributed by atoms with Crippen molar-refractivity contribution in [2.24, 2.45) is 0 Å². The van der Waals surface area contributed by atoms with Crippen LogP contribution in [0.25, 0.3) is 0 Å². The van der Waals surface area contributed by atoms with Crippen LogP contribution in [0.1, 0.15) is 72.1 Å². The minimum absolute atomic E-state index is 0.823. The summed E-state index contributed by atoms with van der Waals surface area (Å²) < 4.78 is 0. The van der Waals surface area contributed by atoms with Crippen LogP contribution >= 0.6 is 7.26 Å². The van der Waals surface area contributed by atoms with Crippen LogP contribution in [-0.2, 0) is 0 Å². The van der Waals surface area contributed by atoms with Crippen LogP contribution in [0.15, 0.2) is 0 Å². The summed E-state index contributed by atoms with van der Waals surface area (Å²) in [5.41, 5.74) is 0. The fourth-order valence-electron chi connectivity index (χ4n) is 2.44. The van der Waals surface area contributed by atoms with E-state index in [1.807, 2.05) is 0 Å². The van der Waals surface area contributed by atoms with E-state index in [-0.39, 0.29) is 0 Å². The van der Waals surface area contributed by atoms with E-state index >= 15 is 0 Å². The van der Waals surface area contributed by atoms with Crippen LogP contribution < -0.4 is 0 Å². The maximum absolute atomic E-state index is 2.64. The van der Waals surface area contributed by atoms with Gasteiger partial charge in [-0.15, -0.1) is 0 Å². The Balaban J connectivity index is 3.64. The first-order valence-electron chi connectivity index (χ1n) is 7.68. The zero-order valence-corrected chi connectivity index (χ0v) is 13.3. The van der Waals surface area contributed by atoms with Crippen LogP contribution in [0.5, 0.6) is 0 Å². The molecule has 0 amide bonds. The Kier molecular flexibility index (Phi) is 10.9. The van der Waals surface area contributed by atoms with Gasteiger partial charge in [0.05, 0.1) is 0 Å². The van der Waals surface area contributed by atoms with Gasteiger partial charge in [0.2, 0.25) is 0 Å². The Morgan fingerprint density at radius 2 is 1.06 bits per heavy atom. The second kappa shape index (κ2) is 10.6. The molecular formula is C15H35P. The molecule has 0 aromatic carbocycles. The average Bonchev–Trinajstić information content (AvgIpc) is 2.31. The van der Waals surface area contributed by atoms with Gasteiger partial charge in [0.25, 0.3) is 0 Å². The van der Waals surface area contributed by atoms with E-state index in [2.05, 4.69) is 27.4 Å². The molecule has 0 aliphatic heterocycles. The standard InChI is InChI=1S/C15H35P/c1-5-8-10-12-14-16(4,7-3)15-13-11-9-6-2/h16H,5-15H2,1-4H3. The summed E-state index contributed by atoms with van der Waals surface area (Å²) in [6.07, 6.45) is 16.3. The molecule has 0 saturated carbocycles. The summed E-state index contributed by atoms with van der Waals surface area (Å²) in [7, 11) is -0.823. The molecular weight excluding hydrogens is 211 g/mol. The Hall–Kier alpha value is 0.430. The van der Waals surface area contributed by atoms with Crippen molar-refractivity contribution in [2.45, 2.75) is 72.1 Å². The average molecular weight is 246 g/mol. The van der Waals surface area contributed by atoms with Crippen LogP contribution in [0.4, 0.5) is 0 Å². The third-order valence-electron chi connectivity index (χ3n) is 4.12. The van der Waals surface area contributed by atoms with Crippen molar-refractivity contribution >= 4 is 7.26 Å². The number of hydrogen-bond donors (Lipinski definition) is 0. The zero-order chi connectivity index (χ0) is 12.3. The zero-order valence-electron chi connectivity index (χ0n) is 12.3. The van der Waals surface area contributed by atoms with Crippen molar-refractivity contribution in [3.63, 3.8) is 0 Å². The Morgan fingerprint density at radius 1 is 0.625 bits per heavy atom. The predicted octanol–water partition coefficient (Wildman–Crippen LogP) is 5.55. The summed E-state index contributed by atoms with van der Waals surface area (Å²) in [5.74, 6) is 0. The molecule has 100 valence electrons. The third-order valence-corrected chi connectivity index (χ3v) is 8.95. The molecule has 1 heteroatoms. The predicted molar refractivity (Wildman–Crippen MR) is 82.8 cm³/mol. The summed E-state index contributed by atoms with van der Waals surface area (Å²) in [4.78, 5) is 0. The minimum atomic E-state index is -0.823. The molecule has 0 nitrogen and oxygen atoms in total. The molecule has 0 saturated heterocycles. The molecule has 0 radical (unpaired) electrons. The van der Waals surface area contributed by atoms with E-state index < -0.39 is 7.26 Å². The van der Waals surface area contributed by atoms with Gasteiger partial charge in [-0.3, -0.25) is 0 Å². The number of unbranched alkanes of at least 4 members (excludes halogenated alkanes) is 6. The molecule has 0 fully saturated rings. The van der Waals surface area contributed by atoms with Crippen LogP contribution in [0.3, 0.4) is 0 Å². The summed E-state index contributed by atoms with van der Waals surface area (Å²) in [6.45, 7) is 9.69. The van der Waals surface area contributed by atoms with Gasteiger partial charge >= 0.3 is 105 Å². The molecule has 0 aromatic rings. The van der Waals surface area contributed by atoms with Gasteiger partial charge in [-0.05, 0) is 0 Å². The fraction of sp³-hybridized carbons (Fsp3) is 1.00. The van der Waals surface area contributed by atoms with Gasteiger partial charge in [0.15, 0.2) is 0 Å². The molecule has 0 heterocycles. The van der Waals surface area contributed by atoms with Gasteiger partial charge < -0.3 is 0 Å². The molecule has 0 aliphatic rings. The van der Waals surface area contributed by atoms with Gasteiger partial charge in [0.1, 0.15) is 0 Å². The quantitative estimate of drug-likeness (QED) is 0.331. The Morgan fingerprint density at radius 3 is 1.38 bits per heavy atom. The molecule has 0 bridgehead atoms. The van der Waals surface area contributed by atoms with Crippen LogP contribution in [0, 0.1) is 0 Å². The van der Waals surface area contributed by atoms with E-state index in [1.54, 1.807) is 12.3 Å². The molecule has 16 heavy (non-hydrogen) atoms. The second-order valence-corrected chi connectivity index (χ2v) is 11.1. The summed E-state index contributed by atoms with van der Waals surface area (Å²) >= 11 is 0. The van der Waals surface area contributed by atoms with Crippen molar-refractivity contribution in [3.8, 4) is 0 Å². The molecule has 0 rings (SSSR count). The first-order chi connectivity index (χ1) is 7.68.